The maximum absolute atomic E-state index is 12.8. The zero-order valence-corrected chi connectivity index (χ0v) is 21.4. The zero-order chi connectivity index (χ0) is 24.7. The van der Waals surface area contributed by atoms with Gasteiger partial charge in [-0.1, -0.05) is 112 Å². The van der Waals surface area contributed by atoms with Gasteiger partial charge in [-0.2, -0.15) is 0 Å². The van der Waals surface area contributed by atoms with E-state index < -0.39 is 0 Å². The lowest BCUT2D eigenvalue weighted by atomic mass is 9.81. The summed E-state index contributed by atoms with van der Waals surface area (Å²) in [7, 11) is 0. The Morgan fingerprint density at radius 3 is 1.80 bits per heavy atom. The molecule has 0 amide bonds. The first-order chi connectivity index (χ1) is 16.9. The topological polar surface area (TPSA) is 29.5 Å². The Morgan fingerprint density at radius 2 is 1.31 bits per heavy atom. The van der Waals surface area contributed by atoms with Crippen LogP contribution in [0.15, 0.2) is 91.0 Å². The van der Waals surface area contributed by atoms with Gasteiger partial charge in [-0.15, -0.1) is 0 Å². The molecule has 1 saturated heterocycles. The molecule has 0 aromatic heterocycles. The standard InChI is InChI=1S/C32H39NO2/c1-32(2,3)30(20-19-29(34)25-13-7-4-8-14-25)33-23-21-28(22-24-33)35-31(26-15-9-5-10-16-26)27-17-11-6-12-18-27/h4-18,28,30-31H,19-24H2,1-3H3. The van der Waals surface area contributed by atoms with E-state index in [-0.39, 0.29) is 23.4 Å². The number of likely N-dealkylation sites (tertiary alicyclic amines) is 1. The number of piperidine rings is 1. The summed E-state index contributed by atoms with van der Waals surface area (Å²) in [4.78, 5) is 15.4. The second kappa shape index (κ2) is 11.8. The van der Waals surface area contributed by atoms with Gasteiger partial charge in [-0.3, -0.25) is 9.69 Å². The van der Waals surface area contributed by atoms with E-state index in [1.165, 1.54) is 11.1 Å². The van der Waals surface area contributed by atoms with Gasteiger partial charge in [0.2, 0.25) is 0 Å². The quantitative estimate of drug-likeness (QED) is 0.307. The molecule has 3 aromatic rings. The van der Waals surface area contributed by atoms with Crippen molar-refractivity contribution in [2.75, 3.05) is 13.1 Å². The van der Waals surface area contributed by atoms with Crippen molar-refractivity contribution in [3.05, 3.63) is 108 Å². The SMILES string of the molecule is CC(C)(C)C(CCC(=O)c1ccccc1)N1CCC(OC(c2ccccc2)c2ccccc2)CC1. The molecule has 4 rings (SSSR count). The fraction of sp³-hybridized carbons (Fsp3) is 0.406. The molecule has 3 heteroatoms. The lowest BCUT2D eigenvalue weighted by molar-refractivity contribution is -0.0437. The smallest absolute Gasteiger partial charge is 0.162 e. The van der Waals surface area contributed by atoms with E-state index in [1.54, 1.807) is 0 Å². The van der Waals surface area contributed by atoms with Crippen LogP contribution in [0.5, 0.6) is 0 Å². The summed E-state index contributed by atoms with van der Waals surface area (Å²) >= 11 is 0. The summed E-state index contributed by atoms with van der Waals surface area (Å²) in [5.41, 5.74) is 3.34. The maximum Gasteiger partial charge on any atom is 0.162 e. The molecule has 0 N–H and O–H groups in total. The summed E-state index contributed by atoms with van der Waals surface area (Å²) in [6.45, 7) is 8.90. The number of hydrogen-bond donors (Lipinski definition) is 0. The highest BCUT2D eigenvalue weighted by atomic mass is 16.5. The molecule has 1 aliphatic rings. The number of benzene rings is 3. The predicted molar refractivity (Wildman–Crippen MR) is 144 cm³/mol. The number of carbonyl (C=O) groups is 1. The normalized spacial score (nSPS) is 16.3. The number of ketones is 1. The molecular formula is C32H39NO2. The summed E-state index contributed by atoms with van der Waals surface area (Å²) in [6, 6.07) is 31.1. The predicted octanol–water partition coefficient (Wildman–Crippen LogP) is 7.33. The van der Waals surface area contributed by atoms with Crippen molar-refractivity contribution in [3.63, 3.8) is 0 Å². The molecule has 184 valence electrons. The highest BCUT2D eigenvalue weighted by molar-refractivity contribution is 5.95. The molecule has 0 saturated carbocycles. The second-order valence-electron chi connectivity index (χ2n) is 10.8. The van der Waals surface area contributed by atoms with E-state index in [9.17, 15) is 4.79 Å². The van der Waals surface area contributed by atoms with E-state index in [0.717, 1.165) is 37.9 Å². The average Bonchev–Trinajstić information content (AvgIpc) is 2.89. The highest BCUT2D eigenvalue weighted by Crippen LogP contribution is 2.34. The van der Waals surface area contributed by atoms with Crippen molar-refractivity contribution in [3.8, 4) is 0 Å². The lowest BCUT2D eigenvalue weighted by Gasteiger charge is -2.44. The highest BCUT2D eigenvalue weighted by Gasteiger charge is 2.34. The van der Waals surface area contributed by atoms with Crippen LogP contribution in [-0.4, -0.2) is 35.9 Å². The third-order valence-corrected chi connectivity index (χ3v) is 7.19. The minimum absolute atomic E-state index is 0.0455. The number of rotatable bonds is 9. The van der Waals surface area contributed by atoms with Crippen LogP contribution >= 0.6 is 0 Å². The molecule has 1 heterocycles. The Labute approximate surface area is 211 Å². The van der Waals surface area contributed by atoms with Gasteiger partial charge in [-0.25, -0.2) is 0 Å². The van der Waals surface area contributed by atoms with E-state index in [0.29, 0.717) is 12.5 Å². The van der Waals surface area contributed by atoms with Crippen molar-refractivity contribution in [1.29, 1.82) is 0 Å². The van der Waals surface area contributed by atoms with Gasteiger partial charge < -0.3 is 4.74 Å². The summed E-state index contributed by atoms with van der Waals surface area (Å²) in [5, 5.41) is 0. The molecule has 1 atom stereocenters. The molecule has 3 nitrogen and oxygen atoms in total. The first-order valence-corrected chi connectivity index (χ1v) is 13.0. The summed E-state index contributed by atoms with van der Waals surface area (Å²) < 4.78 is 6.75. The Bertz CT molecular complexity index is 996. The third kappa shape index (κ3) is 6.90. The molecule has 0 bridgehead atoms. The van der Waals surface area contributed by atoms with E-state index in [4.69, 9.17) is 4.74 Å². The number of ether oxygens (including phenoxy) is 1. The van der Waals surface area contributed by atoms with Gasteiger partial charge in [0.15, 0.2) is 5.78 Å². The van der Waals surface area contributed by atoms with Crippen molar-refractivity contribution >= 4 is 5.78 Å². The van der Waals surface area contributed by atoms with Crippen molar-refractivity contribution < 1.29 is 9.53 Å². The number of hydrogen-bond acceptors (Lipinski definition) is 3. The van der Waals surface area contributed by atoms with Gasteiger partial charge in [0.1, 0.15) is 6.10 Å². The molecule has 0 radical (unpaired) electrons. The zero-order valence-electron chi connectivity index (χ0n) is 21.4. The van der Waals surface area contributed by atoms with E-state index in [2.05, 4.69) is 86.3 Å². The van der Waals surface area contributed by atoms with Gasteiger partial charge in [0.05, 0.1) is 6.10 Å². The number of nitrogens with zero attached hydrogens (tertiary/aromatic N) is 1. The maximum atomic E-state index is 12.8. The number of Topliss-reactive ketones (excluding diaryl/α,β-unsaturated/α-hetero) is 1. The molecule has 1 aliphatic heterocycles. The Morgan fingerprint density at radius 1 is 0.829 bits per heavy atom. The molecule has 3 aromatic carbocycles. The molecule has 1 fully saturated rings. The van der Waals surface area contributed by atoms with Crippen LogP contribution in [-0.2, 0) is 4.74 Å². The van der Waals surface area contributed by atoms with Gasteiger partial charge in [0, 0.05) is 31.1 Å². The monoisotopic (exact) mass is 469 g/mol. The van der Waals surface area contributed by atoms with Crippen molar-refractivity contribution in [2.45, 2.75) is 64.7 Å². The number of carbonyl (C=O) groups excluding carboxylic acids is 1. The van der Waals surface area contributed by atoms with E-state index in [1.807, 2.05) is 30.3 Å². The minimum atomic E-state index is -0.0455. The van der Waals surface area contributed by atoms with Gasteiger partial charge >= 0.3 is 0 Å². The molecule has 0 spiro atoms. The van der Waals surface area contributed by atoms with Crippen LogP contribution in [0.1, 0.15) is 74.0 Å². The van der Waals surface area contributed by atoms with Gasteiger partial charge in [0.25, 0.3) is 0 Å². The first-order valence-electron chi connectivity index (χ1n) is 13.0. The van der Waals surface area contributed by atoms with Crippen LogP contribution in [0.2, 0.25) is 0 Å². The Kier molecular flexibility index (Phi) is 8.54. The van der Waals surface area contributed by atoms with Crippen molar-refractivity contribution in [1.82, 2.24) is 4.90 Å². The van der Waals surface area contributed by atoms with E-state index >= 15 is 0 Å². The first kappa shape index (κ1) is 25.3. The molecule has 0 aliphatic carbocycles. The summed E-state index contributed by atoms with van der Waals surface area (Å²) in [6.07, 6.45) is 3.68. The van der Waals surface area contributed by atoms with Crippen LogP contribution in [0.3, 0.4) is 0 Å². The summed E-state index contributed by atoms with van der Waals surface area (Å²) in [5.74, 6) is 0.242. The largest absolute Gasteiger partial charge is 0.365 e. The fourth-order valence-electron chi connectivity index (χ4n) is 5.32. The van der Waals surface area contributed by atoms with Crippen LogP contribution < -0.4 is 0 Å². The minimum Gasteiger partial charge on any atom is -0.365 e. The Balaban J connectivity index is 1.38. The van der Waals surface area contributed by atoms with Crippen molar-refractivity contribution in [2.24, 2.45) is 5.41 Å². The van der Waals surface area contributed by atoms with Crippen LogP contribution in [0.4, 0.5) is 0 Å². The van der Waals surface area contributed by atoms with Gasteiger partial charge in [-0.05, 0) is 35.8 Å². The molecule has 35 heavy (non-hydrogen) atoms. The third-order valence-electron chi connectivity index (χ3n) is 7.19. The second-order valence-corrected chi connectivity index (χ2v) is 10.8. The molecular weight excluding hydrogens is 430 g/mol. The molecule has 1 unspecified atom stereocenters. The lowest BCUT2D eigenvalue weighted by Crippen LogP contribution is -2.49. The Hall–Kier alpha value is -2.75. The fourth-order valence-corrected chi connectivity index (χ4v) is 5.32. The van der Waals surface area contributed by atoms with Crippen LogP contribution in [0, 0.1) is 5.41 Å². The van der Waals surface area contributed by atoms with Crippen LogP contribution in [0.25, 0.3) is 0 Å². The average molecular weight is 470 g/mol.